The first kappa shape index (κ1) is 20.6. The van der Waals surface area contributed by atoms with Crippen LogP contribution < -0.4 is 4.90 Å². The third kappa shape index (κ3) is 3.64. The lowest BCUT2D eigenvalue weighted by Crippen LogP contribution is -2.43. The maximum Gasteiger partial charge on any atom is 0.282 e. The largest absolute Gasteiger partial charge is 0.366 e. The smallest absolute Gasteiger partial charge is 0.282 e. The lowest BCUT2D eigenvalue weighted by molar-refractivity contribution is -0.120. The first-order valence-electron chi connectivity index (χ1n) is 10.2. The molecule has 2 aliphatic rings. The second kappa shape index (κ2) is 8.25. The van der Waals surface area contributed by atoms with Crippen molar-refractivity contribution >= 4 is 34.7 Å². The number of likely N-dealkylation sites (N-methyl/N-ethyl adjacent to an activating group) is 1. The van der Waals surface area contributed by atoms with Crippen LogP contribution in [0.4, 0.5) is 5.69 Å². The minimum atomic E-state index is -0.300. The number of likely N-dealkylation sites (tertiary alicyclic amines) is 1. The highest BCUT2D eigenvalue weighted by Gasteiger charge is 2.43. The summed E-state index contributed by atoms with van der Waals surface area (Å²) >= 11 is 6.20. The molecule has 0 unspecified atom stereocenters. The van der Waals surface area contributed by atoms with Crippen molar-refractivity contribution in [1.29, 1.82) is 0 Å². The maximum atomic E-state index is 13.7. The molecule has 0 atom stereocenters. The predicted molar refractivity (Wildman–Crippen MR) is 120 cm³/mol. The van der Waals surface area contributed by atoms with Gasteiger partial charge in [-0.1, -0.05) is 48.0 Å². The lowest BCUT2D eigenvalue weighted by atomic mass is 10.0. The summed E-state index contributed by atoms with van der Waals surface area (Å²) in [6.45, 7) is 3.83. The van der Waals surface area contributed by atoms with Crippen molar-refractivity contribution in [3.63, 3.8) is 0 Å². The van der Waals surface area contributed by atoms with Gasteiger partial charge in [0.05, 0.1) is 11.3 Å². The molecule has 0 bridgehead atoms. The molecule has 1 fully saturated rings. The van der Waals surface area contributed by atoms with Gasteiger partial charge < -0.3 is 9.80 Å². The van der Waals surface area contributed by atoms with Gasteiger partial charge in [0.1, 0.15) is 5.70 Å². The third-order valence-electron chi connectivity index (χ3n) is 6.12. The van der Waals surface area contributed by atoms with Crippen LogP contribution in [0, 0.1) is 6.92 Å². The van der Waals surface area contributed by atoms with E-state index in [9.17, 15) is 9.59 Å². The fourth-order valence-corrected chi connectivity index (χ4v) is 4.48. The molecule has 0 radical (unpaired) electrons. The van der Waals surface area contributed by atoms with Crippen LogP contribution in [0.15, 0.2) is 54.2 Å². The number of piperidine rings is 1. The second-order valence-corrected chi connectivity index (χ2v) is 8.55. The Hall–Kier alpha value is -2.63. The van der Waals surface area contributed by atoms with Crippen LogP contribution in [-0.4, -0.2) is 54.8 Å². The van der Waals surface area contributed by atoms with Gasteiger partial charge in [0.15, 0.2) is 0 Å². The molecule has 0 aromatic heterocycles. The van der Waals surface area contributed by atoms with E-state index in [2.05, 4.69) is 11.9 Å². The SMILES string of the molecule is Cc1ccc(Cl)cc1N1C(=O)C(c2ccccc2)=C(N(C)C2CCN(C)CC2)C1=O. The number of halogens is 1. The van der Waals surface area contributed by atoms with Gasteiger partial charge in [-0.05, 0) is 63.2 Å². The highest BCUT2D eigenvalue weighted by atomic mass is 35.5. The number of nitrogens with zero attached hydrogens (tertiary/aromatic N) is 3. The van der Waals surface area contributed by atoms with Crippen molar-refractivity contribution in [2.45, 2.75) is 25.8 Å². The maximum absolute atomic E-state index is 13.7. The number of hydrogen-bond donors (Lipinski definition) is 0. The van der Waals surface area contributed by atoms with Crippen molar-refractivity contribution in [3.05, 3.63) is 70.4 Å². The van der Waals surface area contributed by atoms with E-state index in [0.717, 1.165) is 37.1 Å². The molecule has 156 valence electrons. The van der Waals surface area contributed by atoms with Crippen molar-refractivity contribution in [2.75, 3.05) is 32.1 Å². The third-order valence-corrected chi connectivity index (χ3v) is 6.36. The zero-order chi connectivity index (χ0) is 21.4. The number of carbonyl (C=O) groups is 2. The number of carbonyl (C=O) groups excluding carboxylic acids is 2. The molecular weight excluding hydrogens is 398 g/mol. The molecule has 2 aliphatic heterocycles. The van der Waals surface area contributed by atoms with Gasteiger partial charge in [0.2, 0.25) is 0 Å². The van der Waals surface area contributed by atoms with E-state index in [1.165, 1.54) is 4.90 Å². The number of aryl methyl sites for hydroxylation is 1. The van der Waals surface area contributed by atoms with E-state index >= 15 is 0 Å². The minimum Gasteiger partial charge on any atom is -0.366 e. The molecule has 2 heterocycles. The molecule has 0 N–H and O–H groups in total. The predicted octanol–water partition coefficient (Wildman–Crippen LogP) is 3.96. The van der Waals surface area contributed by atoms with Crippen LogP contribution in [0.5, 0.6) is 0 Å². The summed E-state index contributed by atoms with van der Waals surface area (Å²) in [6, 6.07) is 15.0. The van der Waals surface area contributed by atoms with Gasteiger partial charge in [-0.3, -0.25) is 9.59 Å². The fourth-order valence-electron chi connectivity index (χ4n) is 4.32. The molecule has 2 aromatic rings. The summed E-state index contributed by atoms with van der Waals surface area (Å²) in [5, 5.41) is 0.495. The molecular formula is C24H26ClN3O2. The Balaban J connectivity index is 1.80. The normalized spacial score (nSPS) is 18.5. The molecule has 5 nitrogen and oxygen atoms in total. The zero-order valence-electron chi connectivity index (χ0n) is 17.6. The number of hydrogen-bond acceptors (Lipinski definition) is 4. The van der Waals surface area contributed by atoms with Gasteiger partial charge in [-0.2, -0.15) is 0 Å². The van der Waals surface area contributed by atoms with E-state index in [1.807, 2.05) is 55.3 Å². The number of benzene rings is 2. The summed E-state index contributed by atoms with van der Waals surface area (Å²) in [5.41, 5.74) is 3.06. The second-order valence-electron chi connectivity index (χ2n) is 8.11. The average Bonchev–Trinajstić information content (AvgIpc) is 3.00. The molecule has 0 saturated carbocycles. The van der Waals surface area contributed by atoms with Gasteiger partial charge in [0.25, 0.3) is 11.8 Å². The van der Waals surface area contributed by atoms with Crippen LogP contribution in [0.25, 0.3) is 5.57 Å². The Morgan fingerprint density at radius 2 is 1.67 bits per heavy atom. The van der Waals surface area contributed by atoms with Crippen molar-refractivity contribution < 1.29 is 9.59 Å². The Morgan fingerprint density at radius 1 is 1.00 bits per heavy atom. The number of rotatable bonds is 4. The van der Waals surface area contributed by atoms with E-state index in [4.69, 9.17) is 11.6 Å². The van der Waals surface area contributed by atoms with E-state index in [1.54, 1.807) is 12.1 Å². The van der Waals surface area contributed by atoms with Gasteiger partial charge >= 0.3 is 0 Å². The minimum absolute atomic E-state index is 0.215. The van der Waals surface area contributed by atoms with Gasteiger partial charge in [0, 0.05) is 18.1 Å². The monoisotopic (exact) mass is 423 g/mol. The first-order valence-corrected chi connectivity index (χ1v) is 10.6. The zero-order valence-corrected chi connectivity index (χ0v) is 18.3. The summed E-state index contributed by atoms with van der Waals surface area (Å²) in [7, 11) is 4.05. The average molecular weight is 424 g/mol. The number of anilines is 1. The Morgan fingerprint density at radius 3 is 2.33 bits per heavy atom. The molecule has 2 aromatic carbocycles. The molecule has 2 amide bonds. The Labute approximate surface area is 182 Å². The Kier molecular flexibility index (Phi) is 5.67. The molecule has 0 aliphatic carbocycles. The molecule has 30 heavy (non-hydrogen) atoms. The fraction of sp³-hybridized carbons (Fsp3) is 0.333. The van der Waals surface area contributed by atoms with Crippen molar-refractivity contribution in [1.82, 2.24) is 9.80 Å². The Bertz CT molecular complexity index is 1010. The van der Waals surface area contributed by atoms with E-state index in [-0.39, 0.29) is 17.9 Å². The summed E-state index contributed by atoms with van der Waals surface area (Å²) in [4.78, 5) is 32.9. The summed E-state index contributed by atoms with van der Waals surface area (Å²) in [6.07, 6.45) is 1.91. The molecule has 4 rings (SSSR count). The van der Waals surface area contributed by atoms with Crippen LogP contribution in [-0.2, 0) is 9.59 Å². The van der Waals surface area contributed by atoms with Gasteiger partial charge in [-0.15, -0.1) is 0 Å². The molecule has 0 spiro atoms. The van der Waals surface area contributed by atoms with Gasteiger partial charge in [-0.25, -0.2) is 4.90 Å². The molecule has 6 heteroatoms. The summed E-state index contributed by atoms with van der Waals surface area (Å²) in [5.74, 6) is -0.586. The van der Waals surface area contributed by atoms with E-state index in [0.29, 0.717) is 22.0 Å². The van der Waals surface area contributed by atoms with Crippen LogP contribution in [0.1, 0.15) is 24.0 Å². The first-order chi connectivity index (χ1) is 14.4. The standard InChI is InChI=1S/C24H26ClN3O2/c1-16-9-10-18(25)15-20(16)28-23(29)21(17-7-5-4-6-8-17)22(24(28)30)27(3)19-11-13-26(2)14-12-19/h4-10,15,19H,11-14H2,1-3H3. The van der Waals surface area contributed by atoms with E-state index < -0.39 is 0 Å². The van der Waals surface area contributed by atoms with Crippen molar-refractivity contribution in [3.8, 4) is 0 Å². The highest BCUT2D eigenvalue weighted by molar-refractivity contribution is 6.45. The van der Waals surface area contributed by atoms with Crippen LogP contribution in [0.2, 0.25) is 5.02 Å². The topological polar surface area (TPSA) is 43.9 Å². The highest BCUT2D eigenvalue weighted by Crippen LogP contribution is 2.37. The summed E-state index contributed by atoms with van der Waals surface area (Å²) < 4.78 is 0. The van der Waals surface area contributed by atoms with Crippen LogP contribution >= 0.6 is 11.6 Å². The quantitative estimate of drug-likeness (QED) is 0.698. The number of imide groups is 1. The van der Waals surface area contributed by atoms with Crippen molar-refractivity contribution in [2.24, 2.45) is 0 Å². The lowest BCUT2D eigenvalue weighted by Gasteiger charge is -2.36. The molecule has 1 saturated heterocycles. The van der Waals surface area contributed by atoms with Crippen LogP contribution in [0.3, 0.4) is 0 Å². The number of amides is 2.